The van der Waals surface area contributed by atoms with Gasteiger partial charge in [0.15, 0.2) is 11.9 Å². The Morgan fingerprint density at radius 2 is 1.83 bits per heavy atom. The van der Waals surface area contributed by atoms with Gasteiger partial charge in [-0.25, -0.2) is 0 Å². The van der Waals surface area contributed by atoms with E-state index in [9.17, 15) is 9.59 Å². The van der Waals surface area contributed by atoms with Gasteiger partial charge in [-0.15, -0.1) is 0 Å². The van der Waals surface area contributed by atoms with Gasteiger partial charge in [-0.2, -0.15) is 0 Å². The van der Waals surface area contributed by atoms with Crippen molar-refractivity contribution in [3.8, 4) is 5.75 Å². The smallest absolute Gasteiger partial charge is 0.265 e. The van der Waals surface area contributed by atoms with Crippen molar-refractivity contribution in [2.24, 2.45) is 0 Å². The van der Waals surface area contributed by atoms with E-state index in [1.54, 1.807) is 31.2 Å². The Balaban J connectivity index is 2.05. The molecule has 4 heteroatoms. The summed E-state index contributed by atoms with van der Waals surface area (Å²) in [7, 11) is 0. The molecule has 0 radical (unpaired) electrons. The molecule has 0 spiro atoms. The molecule has 2 rings (SSSR count). The Labute approximate surface area is 136 Å². The zero-order chi connectivity index (χ0) is 17.0. The van der Waals surface area contributed by atoms with Gasteiger partial charge in [0.05, 0.1) is 0 Å². The first kappa shape index (κ1) is 16.7. The van der Waals surface area contributed by atoms with E-state index in [0.717, 1.165) is 16.8 Å². The van der Waals surface area contributed by atoms with Crippen molar-refractivity contribution >= 4 is 17.4 Å². The lowest BCUT2D eigenvalue weighted by Crippen LogP contribution is -2.30. The van der Waals surface area contributed by atoms with E-state index < -0.39 is 6.10 Å². The molecule has 1 atom stereocenters. The summed E-state index contributed by atoms with van der Waals surface area (Å²) in [5, 5.41) is 2.86. The minimum Gasteiger partial charge on any atom is -0.481 e. The maximum Gasteiger partial charge on any atom is 0.265 e. The monoisotopic (exact) mass is 311 g/mol. The number of nitrogens with one attached hydrogen (secondary N) is 1. The van der Waals surface area contributed by atoms with Crippen LogP contribution >= 0.6 is 0 Å². The lowest BCUT2D eigenvalue weighted by atomic mass is 10.1. The first-order chi connectivity index (χ1) is 10.9. The Morgan fingerprint density at radius 1 is 1.09 bits per heavy atom. The zero-order valence-electron chi connectivity index (χ0n) is 13.8. The van der Waals surface area contributed by atoms with Crippen LogP contribution in [0.25, 0.3) is 0 Å². The molecule has 2 aromatic rings. The Bertz CT molecular complexity index is 737. The number of hydrogen-bond donors (Lipinski definition) is 1. The highest BCUT2D eigenvalue weighted by molar-refractivity contribution is 5.95. The lowest BCUT2D eigenvalue weighted by Gasteiger charge is -2.16. The van der Waals surface area contributed by atoms with Crippen LogP contribution in [0.1, 0.15) is 35.3 Å². The quantitative estimate of drug-likeness (QED) is 0.852. The Hall–Kier alpha value is -2.62. The van der Waals surface area contributed by atoms with Crippen molar-refractivity contribution in [2.45, 2.75) is 33.8 Å². The summed E-state index contributed by atoms with van der Waals surface area (Å²) < 4.78 is 5.64. The van der Waals surface area contributed by atoms with Gasteiger partial charge < -0.3 is 10.1 Å². The highest BCUT2D eigenvalue weighted by Gasteiger charge is 2.16. The lowest BCUT2D eigenvalue weighted by molar-refractivity contribution is -0.122. The zero-order valence-corrected chi connectivity index (χ0v) is 13.8. The van der Waals surface area contributed by atoms with Crippen LogP contribution in [-0.2, 0) is 4.79 Å². The van der Waals surface area contributed by atoms with Crippen molar-refractivity contribution in [2.75, 3.05) is 5.32 Å². The second-order valence-corrected chi connectivity index (χ2v) is 5.65. The van der Waals surface area contributed by atoms with Gasteiger partial charge in [0.2, 0.25) is 0 Å². The molecular formula is C19H21NO3. The number of ketones is 1. The number of ether oxygens (including phenoxy) is 1. The fourth-order valence-corrected chi connectivity index (χ4v) is 2.23. The number of Topliss-reactive ketones (excluding diaryl/α,β-unsaturated/α-hetero) is 1. The normalized spacial score (nSPS) is 11.7. The van der Waals surface area contributed by atoms with E-state index in [1.807, 2.05) is 32.0 Å². The molecule has 0 aliphatic carbocycles. The van der Waals surface area contributed by atoms with E-state index in [4.69, 9.17) is 4.74 Å². The number of carbonyl (C=O) groups excluding carboxylic acids is 2. The van der Waals surface area contributed by atoms with Gasteiger partial charge in [-0.3, -0.25) is 9.59 Å². The van der Waals surface area contributed by atoms with Gasteiger partial charge in [0, 0.05) is 11.3 Å². The molecule has 0 saturated carbocycles. The Morgan fingerprint density at radius 3 is 2.48 bits per heavy atom. The van der Waals surface area contributed by atoms with Crippen LogP contribution in [0.3, 0.4) is 0 Å². The number of anilines is 1. The summed E-state index contributed by atoms with van der Waals surface area (Å²) in [4.78, 5) is 23.7. The first-order valence-corrected chi connectivity index (χ1v) is 7.52. The molecule has 120 valence electrons. The third kappa shape index (κ3) is 4.42. The van der Waals surface area contributed by atoms with Gasteiger partial charge in [-0.05, 0) is 51.5 Å². The van der Waals surface area contributed by atoms with Gasteiger partial charge in [0.25, 0.3) is 5.91 Å². The average Bonchev–Trinajstić information content (AvgIpc) is 2.50. The molecule has 0 saturated heterocycles. The van der Waals surface area contributed by atoms with E-state index in [2.05, 4.69) is 5.32 Å². The summed E-state index contributed by atoms with van der Waals surface area (Å²) >= 11 is 0. The number of carbonyl (C=O) groups is 2. The average molecular weight is 311 g/mol. The maximum atomic E-state index is 12.3. The topological polar surface area (TPSA) is 55.4 Å². The molecule has 4 nitrogen and oxygen atoms in total. The van der Waals surface area contributed by atoms with Gasteiger partial charge in [-0.1, -0.05) is 29.8 Å². The number of hydrogen-bond acceptors (Lipinski definition) is 3. The third-order valence-electron chi connectivity index (χ3n) is 3.56. The number of rotatable bonds is 5. The van der Waals surface area contributed by atoms with Gasteiger partial charge in [0.1, 0.15) is 5.75 Å². The van der Waals surface area contributed by atoms with E-state index in [0.29, 0.717) is 11.3 Å². The van der Waals surface area contributed by atoms with Crippen LogP contribution in [0, 0.1) is 13.8 Å². The fraction of sp³-hybridized carbons (Fsp3) is 0.263. The molecule has 0 bridgehead atoms. The summed E-state index contributed by atoms with van der Waals surface area (Å²) in [6, 6.07) is 12.7. The first-order valence-electron chi connectivity index (χ1n) is 7.52. The SMILES string of the molecule is CC(=O)c1cccc(O[C@H](C)C(=O)Nc2ccc(C)cc2C)c1. The molecule has 0 aliphatic rings. The summed E-state index contributed by atoms with van der Waals surface area (Å²) in [5.41, 5.74) is 3.48. The van der Waals surface area contributed by atoms with Crippen LogP contribution in [0.2, 0.25) is 0 Å². The van der Waals surface area contributed by atoms with Crippen LogP contribution in [0.4, 0.5) is 5.69 Å². The molecule has 0 fully saturated rings. The predicted octanol–water partition coefficient (Wildman–Crippen LogP) is 3.91. The van der Waals surface area contributed by atoms with Crippen molar-refractivity contribution in [1.82, 2.24) is 0 Å². The van der Waals surface area contributed by atoms with Crippen LogP contribution in [0.5, 0.6) is 5.75 Å². The second kappa shape index (κ2) is 7.09. The molecule has 0 heterocycles. The minimum absolute atomic E-state index is 0.0390. The second-order valence-electron chi connectivity index (χ2n) is 5.65. The molecule has 2 aromatic carbocycles. The van der Waals surface area contributed by atoms with Crippen LogP contribution in [0.15, 0.2) is 42.5 Å². The van der Waals surface area contributed by atoms with Crippen molar-refractivity contribution in [1.29, 1.82) is 0 Å². The third-order valence-corrected chi connectivity index (χ3v) is 3.56. The summed E-state index contributed by atoms with van der Waals surface area (Å²) in [6.45, 7) is 7.13. The summed E-state index contributed by atoms with van der Waals surface area (Å²) in [5.74, 6) is 0.231. The molecule has 1 N–H and O–H groups in total. The van der Waals surface area contributed by atoms with E-state index in [1.165, 1.54) is 6.92 Å². The summed E-state index contributed by atoms with van der Waals surface area (Å²) in [6.07, 6.45) is -0.669. The fourth-order valence-electron chi connectivity index (χ4n) is 2.23. The molecule has 0 aliphatic heterocycles. The minimum atomic E-state index is -0.669. The van der Waals surface area contributed by atoms with E-state index in [-0.39, 0.29) is 11.7 Å². The highest BCUT2D eigenvalue weighted by atomic mass is 16.5. The van der Waals surface area contributed by atoms with Crippen molar-refractivity contribution in [3.05, 3.63) is 59.2 Å². The predicted molar refractivity (Wildman–Crippen MR) is 91.1 cm³/mol. The largest absolute Gasteiger partial charge is 0.481 e. The molecule has 1 amide bonds. The van der Waals surface area contributed by atoms with Crippen molar-refractivity contribution < 1.29 is 14.3 Å². The molecule has 0 unspecified atom stereocenters. The standard InChI is InChI=1S/C19H21NO3/c1-12-8-9-18(13(2)10-12)20-19(22)15(4)23-17-7-5-6-16(11-17)14(3)21/h5-11,15H,1-4H3,(H,20,22)/t15-/m1/s1. The molecule has 23 heavy (non-hydrogen) atoms. The van der Waals surface area contributed by atoms with Crippen molar-refractivity contribution in [3.63, 3.8) is 0 Å². The van der Waals surface area contributed by atoms with E-state index >= 15 is 0 Å². The maximum absolute atomic E-state index is 12.3. The highest BCUT2D eigenvalue weighted by Crippen LogP contribution is 2.18. The molecular weight excluding hydrogens is 290 g/mol. The van der Waals surface area contributed by atoms with Crippen LogP contribution < -0.4 is 10.1 Å². The molecule has 0 aromatic heterocycles. The number of amides is 1. The number of aryl methyl sites for hydroxylation is 2. The van der Waals surface area contributed by atoms with Gasteiger partial charge >= 0.3 is 0 Å². The van der Waals surface area contributed by atoms with Crippen LogP contribution in [-0.4, -0.2) is 17.8 Å². The number of benzene rings is 2. The Kier molecular flexibility index (Phi) is 5.16.